The fourth-order valence-electron chi connectivity index (χ4n) is 0.577. The van der Waals surface area contributed by atoms with E-state index in [9.17, 15) is 0 Å². The molecule has 0 spiro atoms. The van der Waals surface area contributed by atoms with Crippen LogP contribution >= 0.6 is 9.69 Å². The minimum absolute atomic E-state index is 0.847. The van der Waals surface area contributed by atoms with Crippen molar-refractivity contribution in [2.75, 3.05) is 0 Å². The van der Waals surface area contributed by atoms with Gasteiger partial charge in [-0.1, -0.05) is 20.3 Å². The Morgan fingerprint density at radius 1 is 1.30 bits per heavy atom. The summed E-state index contributed by atoms with van der Waals surface area (Å²) in [6.07, 6.45) is 2.65. The summed E-state index contributed by atoms with van der Waals surface area (Å²) in [5.41, 5.74) is 0. The molecule has 0 aliphatic rings. The molecule has 0 nitrogen and oxygen atoms in total. The topological polar surface area (TPSA) is 0 Å². The molecular weight excluding hydrogens is 197 g/mol. The van der Waals surface area contributed by atoms with E-state index in [-0.39, 0.29) is 0 Å². The van der Waals surface area contributed by atoms with Crippen molar-refractivity contribution in [1.29, 1.82) is 0 Å². The predicted molar refractivity (Wildman–Crippen MR) is 44.5 cm³/mol. The second-order valence-corrected chi connectivity index (χ2v) is 3.14. The molecule has 0 saturated carbocycles. The van der Waals surface area contributed by atoms with Gasteiger partial charge in [-0.3, -0.25) is 0 Å². The zero-order chi connectivity index (χ0) is 8.57. The minimum atomic E-state index is 0.847. The van der Waals surface area contributed by atoms with Crippen molar-refractivity contribution in [2.45, 2.75) is 40.5 Å². The van der Waals surface area contributed by atoms with E-state index < -0.39 is 0 Å². The summed E-state index contributed by atoms with van der Waals surface area (Å²) in [6.45, 7) is 8.93. The van der Waals surface area contributed by atoms with Crippen LogP contribution in [0.5, 0.6) is 0 Å². The van der Waals surface area contributed by atoms with E-state index in [1.807, 2.05) is 0 Å². The molecule has 0 atom stereocenters. The maximum absolute atomic E-state index is 4.76. The Morgan fingerprint density at radius 3 is 1.80 bits per heavy atom. The molecule has 0 heterocycles. The zero-order valence-corrected chi connectivity index (χ0v) is 11.3. The number of hydrogen-bond donors (Lipinski definition) is 0. The first-order chi connectivity index (χ1) is 4.63. The molecule has 0 N–H and O–H groups in total. The van der Waals surface area contributed by atoms with Crippen LogP contribution in [-0.2, 0) is 17.3 Å². The summed E-state index contributed by atoms with van der Waals surface area (Å²) >= 11 is 0.847. The monoisotopic (exact) mass is 212 g/mol. The fourth-order valence-corrected chi connectivity index (χ4v) is 0.577. The van der Waals surface area contributed by atoms with Gasteiger partial charge in [0.1, 0.15) is 0 Å². The van der Waals surface area contributed by atoms with Gasteiger partial charge in [0, 0.05) is 0 Å². The normalized spacial score (nSPS) is 9.70. The Balaban J connectivity index is 0. The average Bonchev–Trinajstić information content (AvgIpc) is 1.89. The first-order valence-corrected chi connectivity index (χ1v) is 7.58. The molecule has 0 saturated heterocycles. The van der Waals surface area contributed by atoms with Crippen molar-refractivity contribution in [2.24, 2.45) is 5.92 Å². The predicted octanol–water partition coefficient (Wildman–Crippen LogP) is 3.72. The van der Waals surface area contributed by atoms with Gasteiger partial charge in [-0.15, -0.1) is 0 Å². The summed E-state index contributed by atoms with van der Waals surface area (Å²) in [5.74, 6) is 2.42. The van der Waals surface area contributed by atoms with Crippen LogP contribution in [0.2, 0.25) is 0 Å². The van der Waals surface area contributed by atoms with Crippen LogP contribution in [0.15, 0.2) is 0 Å². The van der Waals surface area contributed by atoms with Crippen LogP contribution in [0.25, 0.3) is 0 Å². The van der Waals surface area contributed by atoms with Crippen LogP contribution in [0.4, 0.5) is 0 Å². The third-order valence-corrected chi connectivity index (χ3v) is 1.22. The molecule has 2 heteroatoms. The molecule has 0 aliphatic heterocycles. The van der Waals surface area contributed by atoms with Crippen molar-refractivity contribution < 1.29 is 17.3 Å². The Hall–Kier alpha value is 0.913. The van der Waals surface area contributed by atoms with Gasteiger partial charge in [-0.05, 0) is 5.92 Å². The van der Waals surface area contributed by atoms with Gasteiger partial charge in [0.05, 0.1) is 0 Å². The quantitative estimate of drug-likeness (QED) is 0.496. The van der Waals surface area contributed by atoms with Gasteiger partial charge in [-0.25, -0.2) is 0 Å². The van der Waals surface area contributed by atoms with E-state index in [4.69, 9.17) is 9.69 Å². The first-order valence-electron chi connectivity index (χ1n) is 3.68. The molecule has 0 fully saturated rings. The van der Waals surface area contributed by atoms with Gasteiger partial charge in [-0.2, -0.15) is 20.3 Å². The molecule has 0 aromatic heterocycles. The molecule has 58 valence electrons. The third kappa shape index (κ3) is 16.0. The van der Waals surface area contributed by atoms with Gasteiger partial charge < -0.3 is 5.92 Å². The standard InChI is InChI=1S/C8H17.ClH.Zn/c1-7(2)5-6-8(3)4;;/h7H,5-6H2,1-4H3;1H;/q-1;;+2/p-1. The van der Waals surface area contributed by atoms with Crippen LogP contribution in [0.1, 0.15) is 40.5 Å². The molecule has 0 unspecified atom stereocenters. The summed E-state index contributed by atoms with van der Waals surface area (Å²) < 4.78 is 0. The van der Waals surface area contributed by atoms with Crippen LogP contribution in [-0.4, -0.2) is 0 Å². The van der Waals surface area contributed by atoms with Crippen molar-refractivity contribution >= 4 is 9.69 Å². The molecule has 0 radical (unpaired) electrons. The van der Waals surface area contributed by atoms with Gasteiger partial charge in [0.25, 0.3) is 0 Å². The van der Waals surface area contributed by atoms with Crippen molar-refractivity contribution in [3.63, 3.8) is 0 Å². The number of halogens is 1. The summed E-state index contributed by atoms with van der Waals surface area (Å²) in [4.78, 5) is 0. The molecule has 0 aliphatic carbocycles. The third-order valence-electron chi connectivity index (χ3n) is 1.22. The van der Waals surface area contributed by atoms with Crippen molar-refractivity contribution in [3.8, 4) is 0 Å². The molecule has 0 amide bonds. The van der Waals surface area contributed by atoms with Gasteiger partial charge in [0.2, 0.25) is 0 Å². The van der Waals surface area contributed by atoms with E-state index in [1.165, 1.54) is 12.8 Å². The molecule has 0 bridgehead atoms. The molecular formula is C8H17ClZn. The molecule has 10 heavy (non-hydrogen) atoms. The first kappa shape index (κ1) is 13.5. The van der Waals surface area contributed by atoms with Crippen LogP contribution in [0.3, 0.4) is 0 Å². The van der Waals surface area contributed by atoms with Gasteiger partial charge >= 0.3 is 27.0 Å². The number of hydrogen-bond acceptors (Lipinski definition) is 0. The summed E-state index contributed by atoms with van der Waals surface area (Å²) in [6, 6.07) is 0. The van der Waals surface area contributed by atoms with Crippen molar-refractivity contribution in [3.05, 3.63) is 5.92 Å². The van der Waals surface area contributed by atoms with E-state index in [2.05, 4.69) is 27.7 Å². The van der Waals surface area contributed by atoms with Crippen LogP contribution < -0.4 is 0 Å². The van der Waals surface area contributed by atoms with Crippen LogP contribution in [0, 0.1) is 11.8 Å². The second kappa shape index (κ2) is 9.91. The molecule has 0 aromatic rings. The van der Waals surface area contributed by atoms with E-state index >= 15 is 0 Å². The Bertz CT molecular complexity index is 45.2. The summed E-state index contributed by atoms with van der Waals surface area (Å²) in [7, 11) is 4.76. The molecule has 0 rings (SSSR count). The second-order valence-electron chi connectivity index (χ2n) is 3.14. The SMILES string of the molecule is C[C-](C)CCC(C)C.[Cl][Zn+]. The summed E-state index contributed by atoms with van der Waals surface area (Å²) in [5, 5.41) is 0. The van der Waals surface area contributed by atoms with E-state index in [1.54, 1.807) is 5.92 Å². The maximum atomic E-state index is 4.76. The number of rotatable bonds is 3. The molecule has 0 aromatic carbocycles. The zero-order valence-electron chi connectivity index (χ0n) is 7.58. The fraction of sp³-hybridized carbons (Fsp3) is 0.875. The van der Waals surface area contributed by atoms with E-state index in [0.29, 0.717) is 0 Å². The van der Waals surface area contributed by atoms with Gasteiger partial charge in [0.15, 0.2) is 0 Å². The van der Waals surface area contributed by atoms with Crippen molar-refractivity contribution in [1.82, 2.24) is 0 Å². The Labute approximate surface area is 79.4 Å². The Kier molecular flexibility index (Phi) is 13.4. The average molecular weight is 214 g/mol. The Morgan fingerprint density at radius 2 is 1.70 bits per heavy atom. The van der Waals surface area contributed by atoms with E-state index in [0.717, 1.165) is 23.2 Å².